The average molecular weight is 245 g/mol. The lowest BCUT2D eigenvalue weighted by molar-refractivity contribution is -0.133. The lowest BCUT2D eigenvalue weighted by Gasteiger charge is -2.14. The zero-order valence-electron chi connectivity index (χ0n) is 9.41. The second-order valence-electron chi connectivity index (χ2n) is 3.66. The zero-order valence-corrected chi connectivity index (χ0v) is 10.2. The molecule has 1 aromatic rings. The maximum atomic E-state index is 10.5. The van der Waals surface area contributed by atoms with E-state index in [-0.39, 0.29) is 11.8 Å². The Morgan fingerprint density at radius 2 is 2.06 bits per heavy atom. The number of carboxylic acid groups (broad SMARTS) is 1. The van der Waals surface area contributed by atoms with Crippen LogP contribution in [0.15, 0.2) is 5.16 Å². The van der Waals surface area contributed by atoms with Crippen molar-refractivity contribution in [1.29, 1.82) is 0 Å². The maximum Gasteiger partial charge on any atom is 0.313 e. The fraction of sp³-hybridized carbons (Fsp3) is 0.667. The van der Waals surface area contributed by atoms with E-state index in [1.165, 1.54) is 0 Å². The maximum absolute atomic E-state index is 10.5. The Bertz CT molecular complexity index is 376. The van der Waals surface area contributed by atoms with Crippen molar-refractivity contribution >= 4 is 17.7 Å². The largest absolute Gasteiger partial charge is 0.481 e. The van der Waals surface area contributed by atoms with Crippen molar-refractivity contribution in [3.05, 3.63) is 5.82 Å². The number of aliphatic carboxylic acids is 1. The second-order valence-corrected chi connectivity index (χ2v) is 4.61. The summed E-state index contributed by atoms with van der Waals surface area (Å²) in [7, 11) is 0. The van der Waals surface area contributed by atoms with Crippen LogP contribution in [0.2, 0.25) is 0 Å². The lowest BCUT2D eigenvalue weighted by Crippen LogP contribution is -2.11. The summed E-state index contributed by atoms with van der Waals surface area (Å²) in [6.07, 6.45) is -0.714. The minimum Gasteiger partial charge on any atom is -0.481 e. The van der Waals surface area contributed by atoms with E-state index in [1.54, 1.807) is 11.5 Å². The lowest BCUT2D eigenvalue weighted by atomic mass is 10.3. The molecule has 6 nitrogen and oxygen atoms in total. The minimum absolute atomic E-state index is 0.0648. The van der Waals surface area contributed by atoms with Gasteiger partial charge in [0.05, 0.1) is 5.75 Å². The first-order valence-electron chi connectivity index (χ1n) is 4.91. The molecule has 0 spiro atoms. The number of thioether (sulfide) groups is 1. The third-order valence-corrected chi connectivity index (χ3v) is 2.83. The van der Waals surface area contributed by atoms with Crippen LogP contribution in [0.4, 0.5) is 0 Å². The molecule has 0 radical (unpaired) electrons. The molecule has 1 aromatic heterocycles. The zero-order chi connectivity index (χ0) is 12.3. The van der Waals surface area contributed by atoms with Gasteiger partial charge in [-0.1, -0.05) is 11.8 Å². The molecule has 0 bridgehead atoms. The van der Waals surface area contributed by atoms with Gasteiger partial charge in [-0.2, -0.15) is 0 Å². The molecule has 7 heteroatoms. The van der Waals surface area contributed by atoms with Crippen molar-refractivity contribution < 1.29 is 15.0 Å². The summed E-state index contributed by atoms with van der Waals surface area (Å²) in [5.41, 5.74) is 0. The topological polar surface area (TPSA) is 88.2 Å². The molecule has 0 aliphatic rings. The Labute approximate surface area is 97.7 Å². The molecule has 0 aromatic carbocycles. The molecule has 0 saturated carbocycles. The number of carboxylic acids is 1. The molecule has 1 atom stereocenters. The molecule has 2 N–H and O–H groups in total. The summed E-state index contributed by atoms with van der Waals surface area (Å²) >= 11 is 1.10. The molecular formula is C9H15N3O3S. The first-order chi connectivity index (χ1) is 7.43. The Kier molecular flexibility index (Phi) is 4.31. The fourth-order valence-corrected chi connectivity index (χ4v) is 2.08. The predicted octanol–water partition coefficient (Wildman–Crippen LogP) is 1.09. The van der Waals surface area contributed by atoms with Crippen LogP contribution in [0.1, 0.15) is 38.7 Å². The van der Waals surface area contributed by atoms with Crippen LogP contribution in [0, 0.1) is 0 Å². The summed E-state index contributed by atoms with van der Waals surface area (Å²) < 4.78 is 1.75. The van der Waals surface area contributed by atoms with Gasteiger partial charge in [-0.05, 0) is 20.8 Å². The van der Waals surface area contributed by atoms with Gasteiger partial charge in [0, 0.05) is 6.04 Å². The Morgan fingerprint density at radius 3 is 2.50 bits per heavy atom. The average Bonchev–Trinajstić information content (AvgIpc) is 2.57. The third kappa shape index (κ3) is 2.96. The number of hydrogen-bond donors (Lipinski definition) is 2. The van der Waals surface area contributed by atoms with Crippen LogP contribution in [0.25, 0.3) is 0 Å². The Balaban J connectivity index is 2.96. The van der Waals surface area contributed by atoms with Crippen molar-refractivity contribution in [2.75, 3.05) is 5.75 Å². The highest BCUT2D eigenvalue weighted by Crippen LogP contribution is 2.24. The van der Waals surface area contributed by atoms with Gasteiger partial charge in [0.2, 0.25) is 0 Å². The summed E-state index contributed by atoms with van der Waals surface area (Å²) in [5.74, 6) is -0.505. The van der Waals surface area contributed by atoms with Crippen LogP contribution < -0.4 is 0 Å². The molecule has 1 rings (SSSR count). The van der Waals surface area contributed by atoms with E-state index in [0.29, 0.717) is 11.0 Å². The van der Waals surface area contributed by atoms with Gasteiger partial charge < -0.3 is 14.8 Å². The molecule has 1 heterocycles. The first-order valence-corrected chi connectivity index (χ1v) is 5.89. The highest BCUT2D eigenvalue weighted by molar-refractivity contribution is 7.99. The smallest absolute Gasteiger partial charge is 0.313 e. The van der Waals surface area contributed by atoms with Gasteiger partial charge in [-0.3, -0.25) is 4.79 Å². The van der Waals surface area contributed by atoms with Gasteiger partial charge in [-0.15, -0.1) is 10.2 Å². The quantitative estimate of drug-likeness (QED) is 0.755. The van der Waals surface area contributed by atoms with Crippen LogP contribution >= 0.6 is 11.8 Å². The fourth-order valence-electron chi connectivity index (χ4n) is 1.28. The van der Waals surface area contributed by atoms with E-state index in [4.69, 9.17) is 5.11 Å². The van der Waals surface area contributed by atoms with Crippen LogP contribution in [0.5, 0.6) is 0 Å². The van der Waals surface area contributed by atoms with E-state index in [2.05, 4.69) is 10.2 Å². The molecule has 0 unspecified atom stereocenters. The van der Waals surface area contributed by atoms with Crippen molar-refractivity contribution in [1.82, 2.24) is 14.8 Å². The predicted molar refractivity (Wildman–Crippen MR) is 59.4 cm³/mol. The number of nitrogens with zero attached hydrogens (tertiary/aromatic N) is 3. The molecule has 16 heavy (non-hydrogen) atoms. The van der Waals surface area contributed by atoms with Crippen molar-refractivity contribution in [3.8, 4) is 0 Å². The number of aliphatic hydroxyl groups excluding tert-OH is 1. The summed E-state index contributed by atoms with van der Waals surface area (Å²) in [6, 6.07) is 0.0795. The highest BCUT2D eigenvalue weighted by atomic mass is 32.2. The molecular weight excluding hydrogens is 230 g/mol. The SMILES string of the molecule is CC(C)n1c(SCC(=O)O)nnc1[C@H](C)O. The Hall–Kier alpha value is -1.08. The minimum atomic E-state index is -0.901. The van der Waals surface area contributed by atoms with Gasteiger partial charge in [0.1, 0.15) is 6.10 Å². The van der Waals surface area contributed by atoms with Crippen LogP contribution in [-0.4, -0.2) is 36.7 Å². The second kappa shape index (κ2) is 5.31. The number of hydrogen-bond acceptors (Lipinski definition) is 5. The standard InChI is InChI=1S/C9H15N3O3S/c1-5(2)12-8(6(3)13)10-11-9(12)16-4-7(14)15/h5-6,13H,4H2,1-3H3,(H,14,15)/t6-/m0/s1. The number of carbonyl (C=O) groups is 1. The molecule has 0 amide bonds. The summed E-state index contributed by atoms with van der Waals surface area (Å²) in [5, 5.41) is 26.4. The van der Waals surface area contributed by atoms with Gasteiger partial charge in [-0.25, -0.2) is 0 Å². The van der Waals surface area contributed by atoms with Crippen LogP contribution in [0.3, 0.4) is 0 Å². The van der Waals surface area contributed by atoms with E-state index < -0.39 is 12.1 Å². The first kappa shape index (κ1) is 13.0. The number of aliphatic hydroxyl groups is 1. The molecule has 90 valence electrons. The normalized spacial score (nSPS) is 13.1. The molecule has 0 saturated heterocycles. The monoisotopic (exact) mass is 245 g/mol. The summed E-state index contributed by atoms with van der Waals surface area (Å²) in [4.78, 5) is 10.5. The van der Waals surface area contributed by atoms with Crippen molar-refractivity contribution in [2.24, 2.45) is 0 Å². The third-order valence-electron chi connectivity index (χ3n) is 1.91. The van der Waals surface area contributed by atoms with Crippen LogP contribution in [-0.2, 0) is 4.79 Å². The van der Waals surface area contributed by atoms with E-state index >= 15 is 0 Å². The molecule has 0 aliphatic carbocycles. The number of aromatic nitrogens is 3. The van der Waals surface area contributed by atoms with Crippen molar-refractivity contribution in [2.45, 2.75) is 38.1 Å². The van der Waals surface area contributed by atoms with Gasteiger partial charge >= 0.3 is 5.97 Å². The van der Waals surface area contributed by atoms with E-state index in [9.17, 15) is 9.90 Å². The Morgan fingerprint density at radius 1 is 1.44 bits per heavy atom. The summed E-state index contributed by atoms with van der Waals surface area (Å²) in [6.45, 7) is 5.47. The van der Waals surface area contributed by atoms with Crippen molar-refractivity contribution in [3.63, 3.8) is 0 Å². The van der Waals surface area contributed by atoms with E-state index in [1.807, 2.05) is 13.8 Å². The highest BCUT2D eigenvalue weighted by Gasteiger charge is 2.18. The van der Waals surface area contributed by atoms with Gasteiger partial charge in [0.25, 0.3) is 0 Å². The van der Waals surface area contributed by atoms with Gasteiger partial charge in [0.15, 0.2) is 11.0 Å². The molecule has 0 fully saturated rings. The molecule has 0 aliphatic heterocycles. The number of rotatable bonds is 5. The van der Waals surface area contributed by atoms with E-state index in [0.717, 1.165) is 11.8 Å².